The van der Waals surface area contributed by atoms with Gasteiger partial charge in [0.2, 0.25) is 0 Å². The quantitative estimate of drug-likeness (QED) is 0.0237. The van der Waals surface area contributed by atoms with Crippen LogP contribution in [0.3, 0.4) is 0 Å². The number of esters is 2. The second-order valence-electron chi connectivity index (χ2n) is 15.8. The van der Waals surface area contributed by atoms with E-state index < -0.39 is 12.6 Å². The van der Waals surface area contributed by atoms with Gasteiger partial charge >= 0.3 is 11.9 Å². The molecule has 8 heteroatoms. The molecule has 2 aromatic rings. The first-order chi connectivity index (χ1) is 27.8. The number of carbonyl (C=O) groups excluding carboxylic acids is 4. The lowest BCUT2D eigenvalue weighted by Crippen LogP contribution is -2.32. The Morgan fingerprint density at radius 1 is 0.596 bits per heavy atom. The maximum Gasteiger partial charge on any atom is 0.311 e. The number of Topliss-reactive ketones (excluding diaryl/α,β-unsaturated/α-hetero) is 2. The minimum atomic E-state index is -0.599. The topological polar surface area (TPSA) is 105 Å². The summed E-state index contributed by atoms with van der Waals surface area (Å²) in [6.07, 6.45) is 21.2. The van der Waals surface area contributed by atoms with E-state index in [1.165, 1.54) is 31.3 Å². The van der Waals surface area contributed by atoms with E-state index >= 15 is 0 Å². The molecule has 1 aliphatic rings. The van der Waals surface area contributed by atoms with Gasteiger partial charge in [-0.1, -0.05) is 137 Å². The van der Waals surface area contributed by atoms with Crippen molar-refractivity contribution in [3.8, 4) is 0 Å². The molecule has 0 amide bonds. The molecule has 4 unspecified atom stereocenters. The summed E-state index contributed by atoms with van der Waals surface area (Å²) >= 11 is 0. The molecule has 2 aromatic carbocycles. The molecule has 0 aliphatic heterocycles. The first kappa shape index (κ1) is 47.8. The number of allylic oxidation sites excluding steroid dienone is 2. The third kappa shape index (κ3) is 21.1. The second-order valence-corrected chi connectivity index (χ2v) is 15.8. The highest BCUT2D eigenvalue weighted by atomic mass is 16.7. The van der Waals surface area contributed by atoms with Crippen LogP contribution in [0.2, 0.25) is 0 Å². The van der Waals surface area contributed by atoms with Crippen molar-refractivity contribution in [3.63, 3.8) is 0 Å². The summed E-state index contributed by atoms with van der Waals surface area (Å²) < 4.78 is 22.9. The molecule has 1 aliphatic carbocycles. The minimum Gasteiger partial charge on any atom is -0.436 e. The summed E-state index contributed by atoms with van der Waals surface area (Å²) in [7, 11) is 0. The van der Waals surface area contributed by atoms with Gasteiger partial charge in [-0.2, -0.15) is 0 Å². The van der Waals surface area contributed by atoms with Gasteiger partial charge in [-0.15, -0.1) is 0 Å². The van der Waals surface area contributed by atoms with Gasteiger partial charge in [0.15, 0.2) is 24.1 Å². The number of ketones is 2. The number of benzene rings is 2. The van der Waals surface area contributed by atoms with Crippen LogP contribution in [0.4, 0.5) is 0 Å². The molecule has 0 spiro atoms. The number of hydrogen-bond donors (Lipinski definition) is 0. The maximum absolute atomic E-state index is 13.5. The zero-order valence-corrected chi connectivity index (χ0v) is 35.4. The Kier molecular flexibility index (Phi) is 24.8. The van der Waals surface area contributed by atoms with Crippen molar-refractivity contribution in [1.29, 1.82) is 0 Å². The maximum atomic E-state index is 13.5. The monoisotopic (exact) mass is 789 g/mol. The fourth-order valence-electron chi connectivity index (χ4n) is 7.53. The van der Waals surface area contributed by atoms with Crippen LogP contribution in [-0.2, 0) is 28.5 Å². The van der Waals surface area contributed by atoms with Crippen LogP contribution >= 0.6 is 0 Å². The summed E-state index contributed by atoms with van der Waals surface area (Å²) in [5, 5.41) is 0. The van der Waals surface area contributed by atoms with Gasteiger partial charge in [-0.05, 0) is 84.0 Å². The molecule has 57 heavy (non-hydrogen) atoms. The second kappa shape index (κ2) is 29.6. The summed E-state index contributed by atoms with van der Waals surface area (Å²) in [4.78, 5) is 50.4. The molecular formula is C49H72O8. The third-order valence-corrected chi connectivity index (χ3v) is 10.9. The van der Waals surface area contributed by atoms with Crippen molar-refractivity contribution >= 4 is 23.5 Å². The summed E-state index contributed by atoms with van der Waals surface area (Å²) in [5.74, 6) is 0.0780. The van der Waals surface area contributed by atoms with Crippen molar-refractivity contribution in [1.82, 2.24) is 0 Å². The molecule has 0 bridgehead atoms. The van der Waals surface area contributed by atoms with Gasteiger partial charge in [0.25, 0.3) is 0 Å². The Bertz CT molecular complexity index is 1440. The molecule has 8 nitrogen and oxygen atoms in total. The minimum absolute atomic E-state index is 0.144. The Labute approximate surface area is 343 Å². The van der Waals surface area contributed by atoms with Crippen molar-refractivity contribution in [2.75, 3.05) is 13.2 Å². The molecule has 0 aromatic heterocycles. The molecule has 0 radical (unpaired) electrons. The smallest absolute Gasteiger partial charge is 0.311 e. The van der Waals surface area contributed by atoms with Gasteiger partial charge in [0, 0.05) is 30.4 Å². The fourth-order valence-corrected chi connectivity index (χ4v) is 7.53. The highest BCUT2D eigenvalue weighted by molar-refractivity contribution is 5.96. The average molecular weight is 789 g/mol. The third-order valence-electron chi connectivity index (χ3n) is 10.9. The lowest BCUT2D eigenvalue weighted by atomic mass is 9.76. The van der Waals surface area contributed by atoms with Gasteiger partial charge in [0.05, 0.1) is 19.1 Å². The van der Waals surface area contributed by atoms with E-state index in [9.17, 15) is 19.2 Å². The highest BCUT2D eigenvalue weighted by Crippen LogP contribution is 2.36. The Balaban J connectivity index is 1.26. The van der Waals surface area contributed by atoms with Crippen molar-refractivity contribution < 1.29 is 38.1 Å². The summed E-state index contributed by atoms with van der Waals surface area (Å²) in [5.41, 5.74) is 2.91. The van der Waals surface area contributed by atoms with Crippen LogP contribution < -0.4 is 0 Å². The number of rotatable bonds is 32. The van der Waals surface area contributed by atoms with Crippen LogP contribution in [0, 0.1) is 11.8 Å². The zero-order valence-electron chi connectivity index (χ0n) is 35.4. The van der Waals surface area contributed by atoms with Gasteiger partial charge < -0.3 is 18.9 Å². The van der Waals surface area contributed by atoms with Crippen LogP contribution in [-0.4, -0.2) is 49.3 Å². The first-order valence-electron chi connectivity index (χ1n) is 22.2. The SMILES string of the molecule is CCCCCCC1=CCC(CCCCCCCC(=O)OC(C)OCCCCCC(=O)c2ccccc2)C(C(=O)OC(C)OCCCCCC(=O)c2ccccc2)C1. The van der Waals surface area contributed by atoms with E-state index in [2.05, 4.69) is 13.0 Å². The normalized spacial score (nSPS) is 16.4. The molecular weight excluding hydrogens is 717 g/mol. The van der Waals surface area contributed by atoms with Gasteiger partial charge in [0.1, 0.15) is 0 Å². The summed E-state index contributed by atoms with van der Waals surface area (Å²) in [6, 6.07) is 18.8. The standard InChI is InChI=1S/C49H72O8/c1-4-5-6-14-25-41-34-35-42(45(38-41)49(53)57-40(3)55-37-24-13-21-32-47(51)44-29-18-11-19-30-44)26-15-8-7-9-22-33-48(52)56-39(2)54-36-23-12-20-31-46(50)43-27-16-10-17-28-43/h10-11,16-19,27-30,34,39-40,42,45H,4-9,12-15,20-26,31-33,35-38H2,1-3H3. The van der Waals surface area contributed by atoms with Gasteiger partial charge in [-0.25, -0.2) is 0 Å². The number of carbonyl (C=O) groups is 4. The molecule has 4 atom stereocenters. The van der Waals surface area contributed by atoms with Crippen LogP contribution in [0.25, 0.3) is 0 Å². The van der Waals surface area contributed by atoms with Crippen LogP contribution in [0.5, 0.6) is 0 Å². The molecule has 0 fully saturated rings. The average Bonchev–Trinajstić information content (AvgIpc) is 3.22. The Morgan fingerprint density at radius 3 is 1.70 bits per heavy atom. The van der Waals surface area contributed by atoms with Gasteiger partial charge in [-0.3, -0.25) is 19.2 Å². The Morgan fingerprint density at radius 2 is 1.11 bits per heavy atom. The van der Waals surface area contributed by atoms with Crippen LogP contribution in [0.15, 0.2) is 72.3 Å². The predicted molar refractivity (Wildman–Crippen MR) is 227 cm³/mol. The van der Waals surface area contributed by atoms with Crippen molar-refractivity contribution in [2.24, 2.45) is 11.8 Å². The lowest BCUT2D eigenvalue weighted by molar-refractivity contribution is -0.182. The van der Waals surface area contributed by atoms with E-state index in [0.717, 1.165) is 107 Å². The molecule has 0 heterocycles. The first-order valence-corrected chi connectivity index (χ1v) is 22.2. The molecule has 316 valence electrons. The molecule has 0 saturated carbocycles. The largest absolute Gasteiger partial charge is 0.436 e. The van der Waals surface area contributed by atoms with E-state index in [1.54, 1.807) is 13.8 Å². The molecule has 0 N–H and O–H groups in total. The van der Waals surface area contributed by atoms with E-state index in [1.807, 2.05) is 60.7 Å². The van der Waals surface area contributed by atoms with Crippen molar-refractivity contribution in [3.05, 3.63) is 83.4 Å². The zero-order chi connectivity index (χ0) is 40.9. The lowest BCUT2D eigenvalue weighted by Gasteiger charge is -2.31. The van der Waals surface area contributed by atoms with Crippen molar-refractivity contribution in [2.45, 2.75) is 175 Å². The Hall–Kier alpha value is -3.62. The highest BCUT2D eigenvalue weighted by Gasteiger charge is 2.33. The van der Waals surface area contributed by atoms with E-state index in [-0.39, 0.29) is 35.3 Å². The fraction of sp³-hybridized carbons (Fsp3) is 0.633. The van der Waals surface area contributed by atoms with Crippen LogP contribution in [0.1, 0.15) is 183 Å². The number of ether oxygens (including phenoxy) is 4. The number of hydrogen-bond acceptors (Lipinski definition) is 8. The van der Waals surface area contributed by atoms with E-state index in [4.69, 9.17) is 18.9 Å². The molecule has 0 saturated heterocycles. The number of unbranched alkanes of at least 4 members (excludes halogenated alkanes) is 11. The van der Waals surface area contributed by atoms with E-state index in [0.29, 0.717) is 32.5 Å². The predicted octanol–water partition coefficient (Wildman–Crippen LogP) is 12.3. The summed E-state index contributed by atoms with van der Waals surface area (Å²) in [6.45, 7) is 6.78. The molecule has 3 rings (SSSR count).